The molecule has 1 N–H and O–H groups in total. The summed E-state index contributed by atoms with van der Waals surface area (Å²) in [5.74, 6) is 1.38. The number of aromatic nitrogens is 1. The molecule has 1 atom stereocenters. The number of fused-ring (bicyclic) bond motifs is 1. The number of phenols is 1. The minimum Gasteiger partial charge on any atom is -0.508 e. The van der Waals surface area contributed by atoms with Crippen molar-refractivity contribution in [3.63, 3.8) is 0 Å². The molecule has 0 radical (unpaired) electrons. The average molecular weight is 347 g/mol. The zero-order valence-corrected chi connectivity index (χ0v) is 14.0. The van der Waals surface area contributed by atoms with Crippen molar-refractivity contribution >= 4 is 5.78 Å². The van der Waals surface area contributed by atoms with Gasteiger partial charge in [-0.1, -0.05) is 12.1 Å². The lowest BCUT2D eigenvalue weighted by Gasteiger charge is -2.22. The molecule has 5 nitrogen and oxygen atoms in total. The molecular formula is C21H17NO4. The number of hydrogen-bond acceptors (Lipinski definition) is 5. The number of ketones is 1. The molecule has 0 saturated heterocycles. The van der Waals surface area contributed by atoms with Crippen molar-refractivity contribution in [1.82, 2.24) is 4.98 Å². The third kappa shape index (κ3) is 3.24. The molecule has 0 bridgehead atoms. The molecule has 26 heavy (non-hydrogen) atoms. The van der Waals surface area contributed by atoms with Crippen molar-refractivity contribution in [2.75, 3.05) is 6.61 Å². The van der Waals surface area contributed by atoms with E-state index in [1.165, 1.54) is 0 Å². The minimum absolute atomic E-state index is 0.0801. The Kier molecular flexibility index (Phi) is 4.27. The fourth-order valence-corrected chi connectivity index (χ4v) is 3.00. The highest BCUT2D eigenvalue weighted by Crippen LogP contribution is 2.34. The second kappa shape index (κ2) is 6.88. The van der Waals surface area contributed by atoms with E-state index in [-0.39, 0.29) is 11.5 Å². The number of ether oxygens (including phenoxy) is 2. The van der Waals surface area contributed by atoms with E-state index in [4.69, 9.17) is 9.47 Å². The second-order valence-electron chi connectivity index (χ2n) is 6.05. The van der Waals surface area contributed by atoms with Gasteiger partial charge in [-0.15, -0.1) is 0 Å². The molecule has 130 valence electrons. The van der Waals surface area contributed by atoms with Crippen LogP contribution in [0.15, 0.2) is 67.0 Å². The molecule has 2 aromatic carbocycles. The van der Waals surface area contributed by atoms with E-state index < -0.39 is 6.10 Å². The first-order valence-corrected chi connectivity index (χ1v) is 8.36. The summed E-state index contributed by atoms with van der Waals surface area (Å²) in [6, 6.07) is 15.9. The van der Waals surface area contributed by atoms with Gasteiger partial charge in [-0.25, -0.2) is 0 Å². The number of aromatic hydroxyl groups is 1. The second-order valence-corrected chi connectivity index (χ2v) is 6.05. The summed E-state index contributed by atoms with van der Waals surface area (Å²) in [6.07, 6.45) is 3.37. The third-order valence-electron chi connectivity index (χ3n) is 4.28. The van der Waals surface area contributed by atoms with E-state index in [0.717, 1.165) is 11.1 Å². The standard InChI is InChI=1S/C21H17NO4/c23-16-3-1-2-15(12-16)21(14-6-9-22-10-7-14)26-17-4-5-18-19(24)8-11-25-20(18)13-17/h1-7,9-10,12-13,21,23H,8,11H2/t21-/m1/s1. The van der Waals surface area contributed by atoms with Crippen LogP contribution >= 0.6 is 0 Å². The topological polar surface area (TPSA) is 68.7 Å². The minimum atomic E-state index is -0.428. The van der Waals surface area contributed by atoms with Crippen LogP contribution in [0.3, 0.4) is 0 Å². The zero-order valence-electron chi connectivity index (χ0n) is 14.0. The van der Waals surface area contributed by atoms with Crippen molar-refractivity contribution in [2.24, 2.45) is 0 Å². The lowest BCUT2D eigenvalue weighted by Crippen LogP contribution is -2.15. The van der Waals surface area contributed by atoms with E-state index in [1.807, 2.05) is 18.2 Å². The number of benzene rings is 2. The maximum Gasteiger partial charge on any atom is 0.169 e. The molecule has 0 spiro atoms. The van der Waals surface area contributed by atoms with Gasteiger partial charge in [0.15, 0.2) is 5.78 Å². The van der Waals surface area contributed by atoms with Crippen molar-refractivity contribution < 1.29 is 19.4 Å². The lowest BCUT2D eigenvalue weighted by molar-refractivity contribution is 0.0933. The van der Waals surface area contributed by atoms with Crippen LogP contribution in [-0.2, 0) is 0 Å². The summed E-state index contributed by atoms with van der Waals surface area (Å²) in [7, 11) is 0. The molecule has 1 aliphatic rings. The van der Waals surface area contributed by atoms with Crippen molar-refractivity contribution in [1.29, 1.82) is 0 Å². The fourth-order valence-electron chi connectivity index (χ4n) is 3.00. The van der Waals surface area contributed by atoms with Gasteiger partial charge in [-0.3, -0.25) is 9.78 Å². The van der Waals surface area contributed by atoms with E-state index in [9.17, 15) is 9.90 Å². The predicted molar refractivity (Wildman–Crippen MR) is 95.7 cm³/mol. The van der Waals surface area contributed by atoms with Gasteiger partial charge in [0.2, 0.25) is 0 Å². The number of pyridine rings is 1. The van der Waals surface area contributed by atoms with Crippen LogP contribution in [0.4, 0.5) is 0 Å². The van der Waals surface area contributed by atoms with Gasteiger partial charge in [0, 0.05) is 30.4 Å². The Hall–Kier alpha value is -3.34. The number of phenolic OH excluding ortho intramolecular Hbond substituents is 1. The molecule has 4 rings (SSSR count). The van der Waals surface area contributed by atoms with E-state index in [0.29, 0.717) is 30.1 Å². The quantitative estimate of drug-likeness (QED) is 0.775. The molecule has 0 unspecified atom stereocenters. The molecule has 1 aliphatic heterocycles. The largest absolute Gasteiger partial charge is 0.508 e. The summed E-state index contributed by atoms with van der Waals surface area (Å²) < 4.78 is 11.8. The van der Waals surface area contributed by atoms with Crippen LogP contribution in [0, 0.1) is 0 Å². The first kappa shape index (κ1) is 16.1. The Morgan fingerprint density at radius 1 is 1.04 bits per heavy atom. The van der Waals surface area contributed by atoms with Gasteiger partial charge in [-0.05, 0) is 42.0 Å². The Labute approximate surface area is 150 Å². The maximum absolute atomic E-state index is 11.9. The fraction of sp³-hybridized carbons (Fsp3) is 0.143. The monoisotopic (exact) mass is 347 g/mol. The van der Waals surface area contributed by atoms with Gasteiger partial charge >= 0.3 is 0 Å². The van der Waals surface area contributed by atoms with Crippen molar-refractivity contribution in [3.8, 4) is 17.2 Å². The zero-order chi connectivity index (χ0) is 17.9. The highest BCUT2D eigenvalue weighted by molar-refractivity contribution is 5.99. The summed E-state index contributed by atoms with van der Waals surface area (Å²) >= 11 is 0. The van der Waals surface area contributed by atoms with Crippen LogP contribution in [0.5, 0.6) is 17.2 Å². The first-order chi connectivity index (χ1) is 12.7. The van der Waals surface area contributed by atoms with Gasteiger partial charge < -0.3 is 14.6 Å². The Balaban J connectivity index is 1.70. The molecule has 0 saturated carbocycles. The van der Waals surface area contributed by atoms with E-state index in [1.54, 1.807) is 48.8 Å². The molecular weight excluding hydrogens is 330 g/mol. The van der Waals surface area contributed by atoms with Crippen molar-refractivity contribution in [3.05, 3.63) is 83.7 Å². The third-order valence-corrected chi connectivity index (χ3v) is 4.28. The summed E-state index contributed by atoms with van der Waals surface area (Å²) in [4.78, 5) is 16.0. The maximum atomic E-state index is 11.9. The van der Waals surface area contributed by atoms with Crippen LogP contribution in [0.2, 0.25) is 0 Å². The van der Waals surface area contributed by atoms with Gasteiger partial charge in [0.25, 0.3) is 0 Å². The Morgan fingerprint density at radius 3 is 2.69 bits per heavy atom. The van der Waals surface area contributed by atoms with Crippen LogP contribution in [-0.4, -0.2) is 22.5 Å². The molecule has 0 fully saturated rings. The molecule has 0 amide bonds. The molecule has 1 aromatic heterocycles. The van der Waals surface area contributed by atoms with E-state index >= 15 is 0 Å². The SMILES string of the molecule is O=C1CCOc2cc(O[C@H](c3ccncc3)c3cccc(O)c3)ccc21. The van der Waals surface area contributed by atoms with Crippen LogP contribution in [0.25, 0.3) is 0 Å². The van der Waals surface area contributed by atoms with Crippen LogP contribution in [0.1, 0.15) is 34.0 Å². The number of carbonyl (C=O) groups is 1. The smallest absolute Gasteiger partial charge is 0.169 e. The average Bonchev–Trinajstić information content (AvgIpc) is 2.67. The summed E-state index contributed by atoms with van der Waals surface area (Å²) in [6.45, 7) is 0.385. The Morgan fingerprint density at radius 2 is 1.88 bits per heavy atom. The van der Waals surface area contributed by atoms with Crippen LogP contribution < -0.4 is 9.47 Å². The van der Waals surface area contributed by atoms with Gasteiger partial charge in [0.1, 0.15) is 23.4 Å². The molecule has 3 aromatic rings. The number of carbonyl (C=O) groups excluding carboxylic acids is 1. The molecule has 5 heteroatoms. The summed E-state index contributed by atoms with van der Waals surface area (Å²) in [5.41, 5.74) is 2.30. The van der Waals surface area contributed by atoms with Gasteiger partial charge in [0.05, 0.1) is 12.2 Å². The first-order valence-electron chi connectivity index (χ1n) is 8.36. The number of nitrogens with zero attached hydrogens (tertiary/aromatic N) is 1. The predicted octanol–water partition coefficient (Wildman–Crippen LogP) is 3.92. The number of rotatable bonds is 4. The lowest BCUT2D eigenvalue weighted by atomic mass is 10.0. The van der Waals surface area contributed by atoms with Crippen molar-refractivity contribution in [2.45, 2.75) is 12.5 Å². The number of Topliss-reactive ketones (excluding diaryl/α,β-unsaturated/α-hetero) is 1. The highest BCUT2D eigenvalue weighted by atomic mass is 16.5. The number of hydrogen-bond donors (Lipinski definition) is 1. The Bertz CT molecular complexity index is 940. The molecule has 0 aliphatic carbocycles. The van der Waals surface area contributed by atoms with Gasteiger partial charge in [-0.2, -0.15) is 0 Å². The normalized spacial score (nSPS) is 14.2. The molecule has 2 heterocycles. The van der Waals surface area contributed by atoms with E-state index in [2.05, 4.69) is 4.98 Å². The summed E-state index contributed by atoms with van der Waals surface area (Å²) in [5, 5.41) is 9.84. The highest BCUT2D eigenvalue weighted by Gasteiger charge is 2.21.